The minimum absolute atomic E-state index is 0.248. The second-order valence-electron chi connectivity index (χ2n) is 8.69. The maximum Gasteiger partial charge on any atom is 0.311 e. The van der Waals surface area contributed by atoms with E-state index in [0.29, 0.717) is 6.61 Å². The lowest BCUT2D eigenvalue weighted by Crippen LogP contribution is -2.58. The van der Waals surface area contributed by atoms with E-state index in [2.05, 4.69) is 0 Å². The van der Waals surface area contributed by atoms with Crippen LogP contribution in [0.4, 0.5) is 0 Å². The summed E-state index contributed by atoms with van der Waals surface area (Å²) < 4.78 is 29.9. The highest BCUT2D eigenvalue weighted by Crippen LogP contribution is 2.39. The van der Waals surface area contributed by atoms with Gasteiger partial charge in [-0.2, -0.15) is 0 Å². The molecule has 2 aliphatic rings. The van der Waals surface area contributed by atoms with Crippen molar-refractivity contribution in [3.63, 3.8) is 0 Å². The van der Waals surface area contributed by atoms with Gasteiger partial charge in [0.05, 0.1) is 18.1 Å². The molecule has 2 saturated heterocycles. The van der Waals surface area contributed by atoms with Crippen LogP contribution >= 0.6 is 0 Å². The van der Waals surface area contributed by atoms with Crippen molar-refractivity contribution in [2.24, 2.45) is 5.41 Å². The van der Waals surface area contributed by atoms with Crippen LogP contribution in [0.5, 0.6) is 0 Å². The van der Waals surface area contributed by atoms with Gasteiger partial charge in [-0.3, -0.25) is 4.79 Å². The van der Waals surface area contributed by atoms with E-state index >= 15 is 0 Å². The van der Waals surface area contributed by atoms with E-state index in [1.807, 2.05) is 71.9 Å². The number of carbonyl (C=O) groups excluding carboxylic acids is 1. The van der Waals surface area contributed by atoms with Crippen LogP contribution in [-0.2, 0) is 35.1 Å². The fourth-order valence-electron chi connectivity index (χ4n) is 3.27. The Labute approximate surface area is 161 Å². The second kappa shape index (κ2) is 7.51. The molecule has 1 aromatic carbocycles. The molecule has 0 bridgehead atoms. The Kier molecular flexibility index (Phi) is 5.64. The van der Waals surface area contributed by atoms with Gasteiger partial charge in [0.2, 0.25) is 0 Å². The molecule has 0 N–H and O–H groups in total. The molecule has 5 atom stereocenters. The van der Waals surface area contributed by atoms with Gasteiger partial charge in [0.15, 0.2) is 18.2 Å². The first-order valence-electron chi connectivity index (χ1n) is 9.44. The van der Waals surface area contributed by atoms with Crippen molar-refractivity contribution in [3.05, 3.63) is 35.9 Å². The highest BCUT2D eigenvalue weighted by atomic mass is 16.8. The molecule has 0 unspecified atom stereocenters. The summed E-state index contributed by atoms with van der Waals surface area (Å²) in [7, 11) is 0. The minimum atomic E-state index is -0.770. The molecule has 0 spiro atoms. The third-order valence-corrected chi connectivity index (χ3v) is 4.68. The van der Waals surface area contributed by atoms with Crippen LogP contribution in [0.2, 0.25) is 0 Å². The number of esters is 1. The fraction of sp³-hybridized carbons (Fsp3) is 0.667. The predicted molar refractivity (Wildman–Crippen MR) is 98.7 cm³/mol. The number of benzene rings is 1. The molecule has 150 valence electrons. The van der Waals surface area contributed by atoms with Crippen LogP contribution in [0.15, 0.2) is 30.3 Å². The zero-order valence-electron chi connectivity index (χ0n) is 16.9. The van der Waals surface area contributed by atoms with Crippen LogP contribution in [0.25, 0.3) is 0 Å². The number of fused-ring (bicyclic) bond motifs is 1. The molecule has 0 amide bonds. The molecule has 2 fully saturated rings. The van der Waals surface area contributed by atoms with E-state index in [4.69, 9.17) is 23.7 Å². The Balaban J connectivity index is 1.79. The average Bonchev–Trinajstić information content (AvgIpc) is 2.92. The summed E-state index contributed by atoms with van der Waals surface area (Å²) >= 11 is 0. The van der Waals surface area contributed by atoms with E-state index in [9.17, 15) is 4.79 Å². The number of hydrogen-bond acceptors (Lipinski definition) is 6. The quantitative estimate of drug-likeness (QED) is 0.748. The zero-order chi connectivity index (χ0) is 19.8. The van der Waals surface area contributed by atoms with Gasteiger partial charge in [0.1, 0.15) is 12.2 Å². The SMILES string of the molecule is C[C@H]1O[C@H](OCc2ccccc2)[C@H](OC(=O)C(C)(C)C)[C@H]2OC(C)(C)O[C@H]21. The van der Waals surface area contributed by atoms with Gasteiger partial charge < -0.3 is 23.7 Å². The van der Waals surface area contributed by atoms with Gasteiger partial charge in [-0.1, -0.05) is 30.3 Å². The van der Waals surface area contributed by atoms with Gasteiger partial charge in [0.25, 0.3) is 0 Å². The summed E-state index contributed by atoms with van der Waals surface area (Å²) in [6.07, 6.45) is -2.46. The van der Waals surface area contributed by atoms with Crippen molar-refractivity contribution in [2.75, 3.05) is 0 Å². The zero-order valence-corrected chi connectivity index (χ0v) is 16.9. The molecule has 6 nitrogen and oxygen atoms in total. The molecule has 0 aromatic heterocycles. The normalized spacial score (nSPS) is 32.7. The maximum atomic E-state index is 12.6. The first kappa shape index (κ1) is 20.3. The lowest BCUT2D eigenvalue weighted by atomic mass is 9.96. The van der Waals surface area contributed by atoms with Crippen molar-refractivity contribution in [1.29, 1.82) is 0 Å². The largest absolute Gasteiger partial charge is 0.454 e. The smallest absolute Gasteiger partial charge is 0.311 e. The maximum absolute atomic E-state index is 12.6. The highest BCUT2D eigenvalue weighted by molar-refractivity contribution is 5.75. The fourth-order valence-corrected chi connectivity index (χ4v) is 3.27. The molecule has 2 heterocycles. The summed E-state index contributed by atoms with van der Waals surface area (Å²) in [6.45, 7) is 11.4. The van der Waals surface area contributed by atoms with Gasteiger partial charge in [-0.05, 0) is 47.1 Å². The van der Waals surface area contributed by atoms with Gasteiger partial charge in [-0.15, -0.1) is 0 Å². The van der Waals surface area contributed by atoms with Crippen molar-refractivity contribution < 1.29 is 28.5 Å². The second-order valence-corrected chi connectivity index (χ2v) is 8.69. The Bertz CT molecular complexity index is 650. The average molecular weight is 378 g/mol. The standard InChI is InChI=1S/C21H30O6/c1-13-15-16(27-21(5,6)26-15)17(25-19(22)20(2,3)4)18(24-13)23-12-14-10-8-7-9-11-14/h7-11,13,15-18H,12H2,1-6H3/t13-,15+,16+,17-,18+/m1/s1. The van der Waals surface area contributed by atoms with Gasteiger partial charge >= 0.3 is 5.97 Å². The Morgan fingerprint density at radius 2 is 1.74 bits per heavy atom. The lowest BCUT2D eigenvalue weighted by molar-refractivity contribution is -0.284. The van der Waals surface area contributed by atoms with Crippen molar-refractivity contribution in [1.82, 2.24) is 0 Å². The van der Waals surface area contributed by atoms with Crippen molar-refractivity contribution in [2.45, 2.75) is 84.6 Å². The van der Waals surface area contributed by atoms with Crippen LogP contribution < -0.4 is 0 Å². The molecule has 0 saturated carbocycles. The number of ether oxygens (including phenoxy) is 5. The van der Waals surface area contributed by atoms with E-state index in [1.165, 1.54) is 0 Å². The molecular formula is C21H30O6. The van der Waals surface area contributed by atoms with E-state index < -0.39 is 29.7 Å². The summed E-state index contributed by atoms with van der Waals surface area (Å²) in [5.41, 5.74) is 0.373. The van der Waals surface area contributed by atoms with Gasteiger partial charge in [-0.25, -0.2) is 0 Å². The van der Waals surface area contributed by atoms with E-state index in [1.54, 1.807) is 0 Å². The van der Waals surface area contributed by atoms with E-state index in [-0.39, 0.29) is 18.2 Å². The van der Waals surface area contributed by atoms with Crippen molar-refractivity contribution in [3.8, 4) is 0 Å². The summed E-state index contributed by atoms with van der Waals surface area (Å²) in [5, 5.41) is 0. The summed E-state index contributed by atoms with van der Waals surface area (Å²) in [4.78, 5) is 12.6. The third-order valence-electron chi connectivity index (χ3n) is 4.68. The summed E-state index contributed by atoms with van der Waals surface area (Å²) in [5.74, 6) is -1.10. The summed E-state index contributed by atoms with van der Waals surface area (Å²) in [6, 6.07) is 9.80. The van der Waals surface area contributed by atoms with Gasteiger partial charge in [0, 0.05) is 0 Å². The highest BCUT2D eigenvalue weighted by Gasteiger charge is 2.56. The third kappa shape index (κ3) is 4.69. The monoisotopic (exact) mass is 378 g/mol. The lowest BCUT2D eigenvalue weighted by Gasteiger charge is -2.41. The number of rotatable bonds is 4. The van der Waals surface area contributed by atoms with Crippen LogP contribution in [0, 0.1) is 5.41 Å². The first-order chi connectivity index (χ1) is 12.6. The molecule has 0 radical (unpaired) electrons. The molecule has 6 heteroatoms. The van der Waals surface area contributed by atoms with Crippen LogP contribution in [-0.4, -0.2) is 42.5 Å². The Morgan fingerprint density at radius 1 is 1.11 bits per heavy atom. The molecule has 3 rings (SSSR count). The molecule has 1 aromatic rings. The van der Waals surface area contributed by atoms with Crippen molar-refractivity contribution >= 4 is 5.97 Å². The van der Waals surface area contributed by atoms with Crippen LogP contribution in [0.3, 0.4) is 0 Å². The van der Waals surface area contributed by atoms with Crippen LogP contribution in [0.1, 0.15) is 47.1 Å². The number of hydrogen-bond donors (Lipinski definition) is 0. The minimum Gasteiger partial charge on any atom is -0.454 e. The topological polar surface area (TPSA) is 63.2 Å². The molecular weight excluding hydrogens is 348 g/mol. The Hall–Kier alpha value is -1.47. The molecule has 0 aliphatic carbocycles. The van der Waals surface area contributed by atoms with E-state index in [0.717, 1.165) is 5.56 Å². The Morgan fingerprint density at radius 3 is 2.37 bits per heavy atom. The number of carbonyl (C=O) groups is 1. The predicted octanol–water partition coefficient (Wildman–Crippen LogP) is 3.43. The molecule has 2 aliphatic heterocycles. The first-order valence-corrected chi connectivity index (χ1v) is 9.44. The molecule has 27 heavy (non-hydrogen) atoms.